The van der Waals surface area contributed by atoms with E-state index in [2.05, 4.69) is 15.4 Å². The number of hydrogen-bond donors (Lipinski definition) is 3. The number of carbonyl (C=O) groups is 1. The number of aliphatic hydroxyl groups is 1. The molecule has 3 N–H and O–H groups in total. The van der Waals surface area contributed by atoms with Crippen molar-refractivity contribution in [3.63, 3.8) is 0 Å². The van der Waals surface area contributed by atoms with Gasteiger partial charge in [0.05, 0.1) is 6.10 Å². The number of likely N-dealkylation sites (tertiary alicyclic amines) is 1. The summed E-state index contributed by atoms with van der Waals surface area (Å²) in [6.07, 6.45) is -0.282. The molecule has 1 fully saturated rings. The summed E-state index contributed by atoms with van der Waals surface area (Å²) < 4.78 is 0. The summed E-state index contributed by atoms with van der Waals surface area (Å²) in [5.74, 6) is -0.945. The minimum Gasteiger partial charge on any atom is -0.481 e. The molecule has 1 aliphatic heterocycles. The van der Waals surface area contributed by atoms with Crippen LogP contribution in [0, 0.1) is 5.41 Å². The molecule has 0 amide bonds. The zero-order valence-electron chi connectivity index (χ0n) is 16.0. The number of nitrogens with one attached hydrogen (secondary N) is 1. The van der Waals surface area contributed by atoms with Crippen molar-refractivity contribution in [2.24, 2.45) is 5.41 Å². The molecule has 3 aromatic rings. The fourth-order valence-electron chi connectivity index (χ4n) is 4.07. The lowest BCUT2D eigenvalue weighted by molar-refractivity contribution is -0.163. The number of rotatable bonds is 6. The zero-order chi connectivity index (χ0) is 20.3. The summed E-state index contributed by atoms with van der Waals surface area (Å²) in [6.45, 7) is 1.34. The lowest BCUT2D eigenvalue weighted by atomic mass is 9.71. The molecule has 7 heteroatoms. The van der Waals surface area contributed by atoms with Crippen LogP contribution in [0.3, 0.4) is 0 Å². The van der Waals surface area contributed by atoms with E-state index in [4.69, 9.17) is 0 Å². The van der Waals surface area contributed by atoms with Crippen LogP contribution < -0.4 is 0 Å². The van der Waals surface area contributed by atoms with Gasteiger partial charge in [-0.2, -0.15) is 15.4 Å². The Bertz CT molecular complexity index is 960. The summed E-state index contributed by atoms with van der Waals surface area (Å²) in [7, 11) is 0. The Hall–Kier alpha value is -3.03. The maximum Gasteiger partial charge on any atom is 0.312 e. The highest BCUT2D eigenvalue weighted by Gasteiger charge is 2.48. The Morgan fingerprint density at radius 2 is 1.79 bits per heavy atom. The number of β-amino-alcohol motifs (C(OH)–C–C–N with tert-alkyl or cyclic N) is 1. The predicted octanol–water partition coefficient (Wildman–Crippen LogP) is 2.35. The second-order valence-electron chi connectivity index (χ2n) is 7.61. The van der Waals surface area contributed by atoms with Gasteiger partial charge in [0.25, 0.3) is 0 Å². The minimum atomic E-state index is -1.18. The Labute approximate surface area is 169 Å². The van der Waals surface area contributed by atoms with Gasteiger partial charge in [0, 0.05) is 18.7 Å². The van der Waals surface area contributed by atoms with Gasteiger partial charge in [-0.05, 0) is 24.9 Å². The van der Waals surface area contributed by atoms with Gasteiger partial charge in [0.1, 0.15) is 16.8 Å². The molecule has 4 rings (SSSR count). The Morgan fingerprint density at radius 1 is 1.10 bits per heavy atom. The molecule has 0 spiro atoms. The summed E-state index contributed by atoms with van der Waals surface area (Å²) in [5, 5.41) is 32.0. The normalized spacial score (nSPS) is 22.4. The number of carboxylic acid groups (broad SMARTS) is 1. The van der Waals surface area contributed by atoms with E-state index in [1.165, 1.54) is 0 Å². The van der Waals surface area contributed by atoms with Gasteiger partial charge >= 0.3 is 5.97 Å². The Kier molecular flexibility index (Phi) is 5.42. The maximum absolute atomic E-state index is 12.1. The second-order valence-corrected chi connectivity index (χ2v) is 7.61. The van der Waals surface area contributed by atoms with Crippen LogP contribution >= 0.6 is 0 Å². The van der Waals surface area contributed by atoms with Crippen molar-refractivity contribution < 1.29 is 15.0 Å². The highest BCUT2D eigenvalue weighted by Crippen LogP contribution is 2.36. The van der Waals surface area contributed by atoms with Crippen molar-refractivity contribution in [2.45, 2.75) is 25.5 Å². The summed E-state index contributed by atoms with van der Waals surface area (Å²) in [5.41, 5.74) is 2.28. The van der Waals surface area contributed by atoms with E-state index in [1.54, 1.807) is 0 Å². The average Bonchev–Trinajstić information content (AvgIpc) is 3.19. The number of aromatic amines is 1. The lowest BCUT2D eigenvalue weighted by Gasteiger charge is -2.42. The van der Waals surface area contributed by atoms with Crippen LogP contribution in [0.5, 0.6) is 0 Å². The third kappa shape index (κ3) is 3.92. The van der Waals surface area contributed by atoms with E-state index in [-0.39, 0.29) is 6.54 Å². The number of H-pyrrole nitrogens is 1. The standard InChI is InChI=1S/C22H24N4O3/c27-19-15-26(14-18-20(24-25-23-18)17-9-5-2-6-10-17)12-11-22(19,21(28)29)13-16-7-3-1-4-8-16/h1-10,19,27H,11-15H2,(H,28,29)(H,23,24,25)/t19-,22-/m1/s1. The molecule has 0 saturated carbocycles. The molecule has 2 aromatic carbocycles. The molecule has 0 aliphatic carbocycles. The van der Waals surface area contributed by atoms with E-state index < -0.39 is 17.5 Å². The molecule has 29 heavy (non-hydrogen) atoms. The molecule has 2 heterocycles. The summed E-state index contributed by atoms with van der Waals surface area (Å²) in [4.78, 5) is 14.2. The molecule has 2 atom stereocenters. The number of carboxylic acids is 1. The first-order chi connectivity index (χ1) is 14.1. The second kappa shape index (κ2) is 8.14. The number of hydrogen-bond acceptors (Lipinski definition) is 5. The topological polar surface area (TPSA) is 102 Å². The van der Waals surface area contributed by atoms with Gasteiger partial charge in [0.15, 0.2) is 0 Å². The molecule has 0 unspecified atom stereocenters. The number of piperidine rings is 1. The zero-order valence-corrected chi connectivity index (χ0v) is 16.0. The van der Waals surface area contributed by atoms with Crippen molar-refractivity contribution in [2.75, 3.05) is 13.1 Å². The highest BCUT2D eigenvalue weighted by molar-refractivity contribution is 5.76. The predicted molar refractivity (Wildman–Crippen MR) is 108 cm³/mol. The van der Waals surface area contributed by atoms with Gasteiger partial charge < -0.3 is 10.2 Å². The van der Waals surface area contributed by atoms with Crippen LogP contribution in [-0.4, -0.2) is 55.7 Å². The third-order valence-corrected chi connectivity index (χ3v) is 5.77. The minimum absolute atomic E-state index is 0.278. The van der Waals surface area contributed by atoms with Crippen LogP contribution in [0.15, 0.2) is 60.7 Å². The van der Waals surface area contributed by atoms with Crippen LogP contribution in [0.1, 0.15) is 17.7 Å². The van der Waals surface area contributed by atoms with Crippen molar-refractivity contribution >= 4 is 5.97 Å². The summed E-state index contributed by atoms with van der Waals surface area (Å²) >= 11 is 0. The number of aliphatic hydroxyl groups excluding tert-OH is 1. The van der Waals surface area contributed by atoms with Crippen molar-refractivity contribution in [3.05, 3.63) is 71.9 Å². The van der Waals surface area contributed by atoms with Crippen molar-refractivity contribution in [3.8, 4) is 11.3 Å². The molecule has 1 aromatic heterocycles. The first kappa shape index (κ1) is 19.3. The molecule has 1 saturated heterocycles. The van der Waals surface area contributed by atoms with E-state index in [1.807, 2.05) is 65.6 Å². The number of aromatic nitrogens is 3. The van der Waals surface area contributed by atoms with E-state index >= 15 is 0 Å². The molecule has 7 nitrogen and oxygen atoms in total. The highest BCUT2D eigenvalue weighted by atomic mass is 16.4. The smallest absolute Gasteiger partial charge is 0.312 e. The summed E-state index contributed by atoms with van der Waals surface area (Å²) in [6, 6.07) is 19.3. The first-order valence-electron chi connectivity index (χ1n) is 9.71. The van der Waals surface area contributed by atoms with Crippen LogP contribution in [0.4, 0.5) is 0 Å². The number of nitrogens with zero attached hydrogens (tertiary/aromatic N) is 3. The van der Waals surface area contributed by atoms with Gasteiger partial charge in [-0.3, -0.25) is 9.69 Å². The van der Waals surface area contributed by atoms with Crippen LogP contribution in [0.25, 0.3) is 11.3 Å². The lowest BCUT2D eigenvalue weighted by Crippen LogP contribution is -2.55. The van der Waals surface area contributed by atoms with Gasteiger partial charge in [-0.15, -0.1) is 0 Å². The molecule has 1 aliphatic rings. The fourth-order valence-corrected chi connectivity index (χ4v) is 4.07. The largest absolute Gasteiger partial charge is 0.481 e. The maximum atomic E-state index is 12.1. The van der Waals surface area contributed by atoms with E-state index in [0.717, 1.165) is 22.5 Å². The van der Waals surface area contributed by atoms with Gasteiger partial charge in [-0.1, -0.05) is 60.7 Å². The van der Waals surface area contributed by atoms with Gasteiger partial charge in [-0.25, -0.2) is 0 Å². The molecule has 0 bridgehead atoms. The van der Waals surface area contributed by atoms with Gasteiger partial charge in [0.2, 0.25) is 0 Å². The molecular weight excluding hydrogens is 368 g/mol. The number of benzene rings is 2. The Morgan fingerprint density at radius 3 is 2.45 bits per heavy atom. The SMILES string of the molecule is O=C(O)[C@@]1(Cc2ccccc2)CCN(Cc2n[nH]nc2-c2ccccc2)C[C@H]1O. The quantitative estimate of drug-likeness (QED) is 0.595. The van der Waals surface area contributed by atoms with E-state index in [0.29, 0.717) is 25.9 Å². The van der Waals surface area contributed by atoms with Crippen molar-refractivity contribution in [1.82, 2.24) is 20.3 Å². The van der Waals surface area contributed by atoms with Crippen LogP contribution in [-0.2, 0) is 17.8 Å². The third-order valence-electron chi connectivity index (χ3n) is 5.77. The molecule has 150 valence electrons. The van der Waals surface area contributed by atoms with Crippen LogP contribution in [0.2, 0.25) is 0 Å². The number of aliphatic carboxylic acids is 1. The van der Waals surface area contributed by atoms with Crippen molar-refractivity contribution in [1.29, 1.82) is 0 Å². The Balaban J connectivity index is 1.49. The monoisotopic (exact) mass is 392 g/mol. The van der Waals surface area contributed by atoms with E-state index in [9.17, 15) is 15.0 Å². The first-order valence-corrected chi connectivity index (χ1v) is 9.71. The molecular formula is C22H24N4O3. The fraction of sp³-hybridized carbons (Fsp3) is 0.318. The average molecular weight is 392 g/mol. The molecule has 0 radical (unpaired) electrons.